The molecule has 2 rings (SSSR count). The van der Waals surface area contributed by atoms with Gasteiger partial charge in [-0.25, -0.2) is 9.97 Å². The Bertz CT molecular complexity index is 517. The first-order valence-electron chi connectivity index (χ1n) is 4.93. The van der Waals surface area contributed by atoms with Gasteiger partial charge in [0.2, 0.25) is 0 Å². The van der Waals surface area contributed by atoms with Gasteiger partial charge in [-0.15, -0.1) is 0 Å². The maximum absolute atomic E-state index is 10.6. The molecule has 0 spiro atoms. The SMILES string of the molecule is O=Cc1ccc(OCc2ncccn2)c(Br)c1. The number of halogens is 1. The highest BCUT2D eigenvalue weighted by Crippen LogP contribution is 2.25. The van der Waals surface area contributed by atoms with Gasteiger partial charge in [-0.3, -0.25) is 4.79 Å². The van der Waals surface area contributed by atoms with Crippen molar-refractivity contribution in [1.29, 1.82) is 0 Å². The van der Waals surface area contributed by atoms with Crippen molar-refractivity contribution in [2.75, 3.05) is 0 Å². The van der Waals surface area contributed by atoms with Crippen LogP contribution >= 0.6 is 15.9 Å². The predicted octanol–water partition coefficient (Wildman–Crippen LogP) is 2.63. The molecule has 4 nitrogen and oxygen atoms in total. The van der Waals surface area contributed by atoms with E-state index in [1.54, 1.807) is 36.7 Å². The second-order valence-corrected chi connectivity index (χ2v) is 4.12. The molecule has 0 radical (unpaired) electrons. The van der Waals surface area contributed by atoms with E-state index in [0.29, 0.717) is 23.7 Å². The minimum atomic E-state index is 0.292. The molecule has 0 saturated heterocycles. The fraction of sp³-hybridized carbons (Fsp3) is 0.0833. The zero-order chi connectivity index (χ0) is 12.1. The third-order valence-electron chi connectivity index (χ3n) is 2.07. The Balaban J connectivity index is 2.07. The van der Waals surface area contributed by atoms with Crippen molar-refractivity contribution in [2.45, 2.75) is 6.61 Å². The Morgan fingerprint density at radius 1 is 1.29 bits per heavy atom. The number of rotatable bonds is 4. The monoisotopic (exact) mass is 292 g/mol. The van der Waals surface area contributed by atoms with Gasteiger partial charge < -0.3 is 4.74 Å². The molecule has 0 unspecified atom stereocenters. The Morgan fingerprint density at radius 2 is 2.06 bits per heavy atom. The van der Waals surface area contributed by atoms with E-state index in [4.69, 9.17) is 4.74 Å². The molecule has 0 saturated carbocycles. The second-order valence-electron chi connectivity index (χ2n) is 3.26. The molecule has 0 aliphatic heterocycles. The molecule has 0 N–H and O–H groups in total. The standard InChI is InChI=1S/C12H9BrN2O2/c13-10-6-9(7-16)2-3-11(10)17-8-12-14-4-1-5-15-12/h1-7H,8H2. The van der Waals surface area contributed by atoms with Crippen LogP contribution in [0.4, 0.5) is 0 Å². The van der Waals surface area contributed by atoms with Crippen LogP contribution < -0.4 is 4.74 Å². The Hall–Kier alpha value is -1.75. The summed E-state index contributed by atoms with van der Waals surface area (Å²) in [7, 11) is 0. The number of ether oxygens (including phenoxy) is 1. The van der Waals surface area contributed by atoms with Gasteiger partial charge in [0.05, 0.1) is 4.47 Å². The Labute approximate surface area is 107 Å². The number of hydrogen-bond donors (Lipinski definition) is 0. The fourth-order valence-corrected chi connectivity index (χ4v) is 1.77. The van der Waals surface area contributed by atoms with Crippen LogP contribution in [0.2, 0.25) is 0 Å². The van der Waals surface area contributed by atoms with E-state index in [9.17, 15) is 4.79 Å². The summed E-state index contributed by atoms with van der Waals surface area (Å²) in [4.78, 5) is 18.7. The quantitative estimate of drug-likeness (QED) is 0.813. The molecule has 1 aromatic heterocycles. The predicted molar refractivity (Wildman–Crippen MR) is 65.9 cm³/mol. The number of aldehydes is 1. The largest absolute Gasteiger partial charge is 0.484 e. The summed E-state index contributed by atoms with van der Waals surface area (Å²) in [5.41, 5.74) is 0.597. The van der Waals surface area contributed by atoms with E-state index < -0.39 is 0 Å². The molecule has 0 aliphatic carbocycles. The topological polar surface area (TPSA) is 52.1 Å². The first-order valence-corrected chi connectivity index (χ1v) is 5.72. The van der Waals surface area contributed by atoms with Crippen molar-refractivity contribution < 1.29 is 9.53 Å². The van der Waals surface area contributed by atoms with Crippen LogP contribution in [0.3, 0.4) is 0 Å². The van der Waals surface area contributed by atoms with E-state index in [0.717, 1.165) is 10.8 Å². The van der Waals surface area contributed by atoms with Gasteiger partial charge >= 0.3 is 0 Å². The van der Waals surface area contributed by atoms with E-state index in [2.05, 4.69) is 25.9 Å². The van der Waals surface area contributed by atoms with Crippen LogP contribution in [0.25, 0.3) is 0 Å². The maximum Gasteiger partial charge on any atom is 0.166 e. The molecular formula is C12H9BrN2O2. The van der Waals surface area contributed by atoms with Crippen molar-refractivity contribution >= 4 is 22.2 Å². The van der Waals surface area contributed by atoms with Crippen molar-refractivity contribution in [2.24, 2.45) is 0 Å². The molecule has 0 fully saturated rings. The number of aromatic nitrogens is 2. The molecule has 0 aliphatic rings. The molecule has 5 heteroatoms. The van der Waals surface area contributed by atoms with Crippen LogP contribution in [0.5, 0.6) is 5.75 Å². The normalized spacial score (nSPS) is 9.94. The minimum Gasteiger partial charge on any atom is -0.484 e. The number of carbonyl (C=O) groups is 1. The Morgan fingerprint density at radius 3 is 2.71 bits per heavy atom. The second kappa shape index (κ2) is 5.54. The molecule has 1 heterocycles. The highest BCUT2D eigenvalue weighted by Gasteiger charge is 2.03. The highest BCUT2D eigenvalue weighted by molar-refractivity contribution is 9.10. The van der Waals surface area contributed by atoms with E-state index >= 15 is 0 Å². The average molecular weight is 293 g/mol. The maximum atomic E-state index is 10.6. The average Bonchev–Trinajstić information content (AvgIpc) is 2.38. The van der Waals surface area contributed by atoms with Gasteiger partial charge in [0.15, 0.2) is 5.82 Å². The van der Waals surface area contributed by atoms with Crippen molar-refractivity contribution in [1.82, 2.24) is 9.97 Å². The molecule has 0 amide bonds. The number of hydrogen-bond acceptors (Lipinski definition) is 4. The van der Waals surface area contributed by atoms with Gasteiger partial charge in [0, 0.05) is 18.0 Å². The minimum absolute atomic E-state index is 0.292. The molecule has 0 atom stereocenters. The van der Waals surface area contributed by atoms with Gasteiger partial charge in [0.25, 0.3) is 0 Å². The van der Waals surface area contributed by atoms with Gasteiger partial charge in [-0.2, -0.15) is 0 Å². The summed E-state index contributed by atoms with van der Waals surface area (Å²) in [5, 5.41) is 0. The van der Waals surface area contributed by atoms with Crippen LogP contribution in [0, 0.1) is 0 Å². The van der Waals surface area contributed by atoms with Crippen LogP contribution in [-0.4, -0.2) is 16.3 Å². The summed E-state index contributed by atoms with van der Waals surface area (Å²) >= 11 is 3.34. The molecule has 17 heavy (non-hydrogen) atoms. The van der Waals surface area contributed by atoms with Crippen molar-refractivity contribution in [3.63, 3.8) is 0 Å². The van der Waals surface area contributed by atoms with Crippen molar-refractivity contribution in [3.05, 3.63) is 52.5 Å². The number of carbonyl (C=O) groups excluding carboxylic acids is 1. The number of benzene rings is 1. The first kappa shape index (κ1) is 11.7. The summed E-state index contributed by atoms with van der Waals surface area (Å²) in [6.07, 6.45) is 4.11. The smallest absolute Gasteiger partial charge is 0.166 e. The van der Waals surface area contributed by atoms with Gasteiger partial charge in [-0.05, 0) is 40.2 Å². The lowest BCUT2D eigenvalue weighted by Gasteiger charge is -2.07. The van der Waals surface area contributed by atoms with E-state index in [1.807, 2.05) is 0 Å². The third kappa shape index (κ3) is 3.10. The zero-order valence-electron chi connectivity index (χ0n) is 8.84. The van der Waals surface area contributed by atoms with Gasteiger partial charge in [0.1, 0.15) is 18.6 Å². The lowest BCUT2D eigenvalue weighted by atomic mass is 10.2. The summed E-state index contributed by atoms with van der Waals surface area (Å²) < 4.78 is 6.27. The summed E-state index contributed by atoms with van der Waals surface area (Å²) in [5.74, 6) is 1.27. The van der Waals surface area contributed by atoms with Crippen LogP contribution in [0.15, 0.2) is 41.1 Å². The Kier molecular flexibility index (Phi) is 3.82. The first-order chi connectivity index (χ1) is 8.29. The lowest BCUT2D eigenvalue weighted by Crippen LogP contribution is -2.00. The molecule has 2 aromatic rings. The summed E-state index contributed by atoms with van der Waals surface area (Å²) in [6, 6.07) is 6.88. The lowest BCUT2D eigenvalue weighted by molar-refractivity contribution is 0.112. The molecule has 86 valence electrons. The van der Waals surface area contributed by atoms with Gasteiger partial charge in [-0.1, -0.05) is 0 Å². The zero-order valence-corrected chi connectivity index (χ0v) is 10.4. The molecule has 1 aromatic carbocycles. The number of nitrogens with zero attached hydrogens (tertiary/aromatic N) is 2. The van der Waals surface area contributed by atoms with Crippen molar-refractivity contribution in [3.8, 4) is 5.75 Å². The molecule has 0 bridgehead atoms. The van der Waals surface area contributed by atoms with E-state index in [1.165, 1.54) is 0 Å². The third-order valence-corrected chi connectivity index (χ3v) is 2.69. The highest BCUT2D eigenvalue weighted by atomic mass is 79.9. The van der Waals surface area contributed by atoms with Crippen LogP contribution in [-0.2, 0) is 6.61 Å². The van der Waals surface area contributed by atoms with E-state index in [-0.39, 0.29) is 0 Å². The molecular weight excluding hydrogens is 284 g/mol. The summed E-state index contributed by atoms with van der Waals surface area (Å²) in [6.45, 7) is 0.292. The fourth-order valence-electron chi connectivity index (χ4n) is 1.25. The van der Waals surface area contributed by atoms with Crippen LogP contribution in [0.1, 0.15) is 16.2 Å².